The van der Waals surface area contributed by atoms with Crippen LogP contribution in [0.25, 0.3) is 0 Å². The van der Waals surface area contributed by atoms with Crippen LogP contribution in [0.5, 0.6) is 0 Å². The summed E-state index contributed by atoms with van der Waals surface area (Å²) in [6.07, 6.45) is 0.238. The van der Waals surface area contributed by atoms with Gasteiger partial charge >= 0.3 is 0 Å². The Balaban J connectivity index is 2.91. The third-order valence-corrected chi connectivity index (χ3v) is 5.24. The second-order valence-electron chi connectivity index (χ2n) is 4.11. The maximum atomic E-state index is 12.0. The quantitative estimate of drug-likeness (QED) is 0.873. The topological polar surface area (TPSA) is 57.6 Å². The number of sulfonamides is 1. The summed E-state index contributed by atoms with van der Waals surface area (Å²) < 4.78 is 25.3. The first kappa shape index (κ1) is 15.4. The number of nitrogens with zero attached hydrogens (tertiary/aromatic N) is 1. The van der Waals surface area contributed by atoms with Crippen molar-refractivity contribution >= 4 is 21.6 Å². The predicted octanol–water partition coefficient (Wildman–Crippen LogP) is 2.05. The van der Waals surface area contributed by atoms with Crippen LogP contribution in [-0.4, -0.2) is 37.2 Å². The van der Waals surface area contributed by atoms with Gasteiger partial charge in [0.1, 0.15) is 0 Å². The number of benzene rings is 1. The summed E-state index contributed by atoms with van der Waals surface area (Å²) in [6.45, 7) is 1.66. The summed E-state index contributed by atoms with van der Waals surface area (Å²) in [4.78, 5) is 0. The smallest absolute Gasteiger partial charge is 0.214 e. The van der Waals surface area contributed by atoms with Crippen LogP contribution in [0.15, 0.2) is 24.3 Å². The monoisotopic (exact) mass is 291 g/mol. The van der Waals surface area contributed by atoms with Crippen molar-refractivity contribution in [2.45, 2.75) is 19.4 Å². The van der Waals surface area contributed by atoms with E-state index in [-0.39, 0.29) is 24.8 Å². The molecule has 1 N–H and O–H groups in total. The second-order valence-corrected chi connectivity index (χ2v) is 6.66. The van der Waals surface area contributed by atoms with E-state index >= 15 is 0 Å². The van der Waals surface area contributed by atoms with Crippen molar-refractivity contribution < 1.29 is 13.5 Å². The summed E-state index contributed by atoms with van der Waals surface area (Å²) >= 11 is 6.06. The van der Waals surface area contributed by atoms with E-state index in [1.807, 2.05) is 12.1 Å². The van der Waals surface area contributed by atoms with E-state index in [2.05, 4.69) is 0 Å². The molecule has 18 heavy (non-hydrogen) atoms. The van der Waals surface area contributed by atoms with Crippen molar-refractivity contribution in [3.05, 3.63) is 34.9 Å². The molecule has 1 aromatic carbocycles. The molecule has 0 spiro atoms. The number of aliphatic hydroxyl groups excluding tert-OH is 1. The molecule has 0 aliphatic carbocycles. The molecule has 1 rings (SSSR count). The van der Waals surface area contributed by atoms with Crippen LogP contribution in [0.3, 0.4) is 0 Å². The number of halogens is 1. The molecular weight excluding hydrogens is 274 g/mol. The molecule has 0 amide bonds. The zero-order valence-electron chi connectivity index (χ0n) is 10.5. The van der Waals surface area contributed by atoms with Crippen molar-refractivity contribution in [2.75, 3.05) is 19.4 Å². The molecular formula is C12H18ClNO3S. The van der Waals surface area contributed by atoms with Gasteiger partial charge in [-0.05, 0) is 25.0 Å². The Morgan fingerprint density at radius 3 is 2.56 bits per heavy atom. The van der Waals surface area contributed by atoms with E-state index in [0.29, 0.717) is 5.02 Å². The highest BCUT2D eigenvalue weighted by Crippen LogP contribution is 2.27. The number of hydrogen-bond acceptors (Lipinski definition) is 3. The molecule has 1 unspecified atom stereocenters. The lowest BCUT2D eigenvalue weighted by Crippen LogP contribution is -2.32. The lowest BCUT2D eigenvalue weighted by molar-refractivity contribution is 0.293. The van der Waals surface area contributed by atoms with Crippen LogP contribution in [-0.2, 0) is 10.0 Å². The van der Waals surface area contributed by atoms with Gasteiger partial charge in [-0.25, -0.2) is 8.42 Å². The molecule has 1 atom stereocenters. The van der Waals surface area contributed by atoms with Crippen LogP contribution in [0.4, 0.5) is 0 Å². The highest BCUT2D eigenvalue weighted by molar-refractivity contribution is 7.89. The number of rotatable bonds is 6. The van der Waals surface area contributed by atoms with Crippen LogP contribution >= 0.6 is 11.6 Å². The minimum absolute atomic E-state index is 0.0607. The van der Waals surface area contributed by atoms with Gasteiger partial charge in [0.2, 0.25) is 10.0 Å². The fourth-order valence-electron chi connectivity index (χ4n) is 1.64. The lowest BCUT2D eigenvalue weighted by atomic mass is 10.1. The Labute approximate surface area is 113 Å². The van der Waals surface area contributed by atoms with Gasteiger partial charge < -0.3 is 5.11 Å². The van der Waals surface area contributed by atoms with Crippen LogP contribution in [0.2, 0.25) is 5.02 Å². The average molecular weight is 292 g/mol. The van der Waals surface area contributed by atoms with Crippen molar-refractivity contribution in [3.8, 4) is 0 Å². The average Bonchev–Trinajstić information content (AvgIpc) is 2.35. The van der Waals surface area contributed by atoms with Gasteiger partial charge in [-0.1, -0.05) is 29.8 Å². The zero-order chi connectivity index (χ0) is 13.8. The minimum atomic E-state index is -3.37. The summed E-state index contributed by atoms with van der Waals surface area (Å²) in [5.41, 5.74) is 0.772. The lowest BCUT2D eigenvalue weighted by Gasteiger charge is -2.25. The molecule has 0 fully saturated rings. The van der Waals surface area contributed by atoms with Gasteiger partial charge in [-0.2, -0.15) is 4.31 Å². The second kappa shape index (κ2) is 6.52. The maximum absolute atomic E-state index is 12.0. The van der Waals surface area contributed by atoms with Crippen molar-refractivity contribution in [3.63, 3.8) is 0 Å². The largest absolute Gasteiger partial charge is 0.396 e. The van der Waals surface area contributed by atoms with E-state index in [0.717, 1.165) is 5.56 Å². The Morgan fingerprint density at radius 2 is 2.00 bits per heavy atom. The minimum Gasteiger partial charge on any atom is -0.396 e. The normalized spacial score (nSPS) is 13.8. The number of hydrogen-bond donors (Lipinski definition) is 1. The molecule has 0 heterocycles. The standard InChI is InChI=1S/C12H18ClNO3S/c1-10(11-6-3-4-7-12(11)13)14(2)18(16,17)9-5-8-15/h3-4,6-7,10,15H,5,8-9H2,1-2H3. The first-order valence-corrected chi connectivity index (χ1v) is 7.70. The fraction of sp³-hybridized carbons (Fsp3) is 0.500. The summed E-state index contributed by atoms with van der Waals surface area (Å²) in [7, 11) is -1.84. The molecule has 102 valence electrons. The van der Waals surface area contributed by atoms with E-state index in [1.165, 1.54) is 11.4 Å². The van der Waals surface area contributed by atoms with Gasteiger partial charge in [-0.3, -0.25) is 0 Å². The van der Waals surface area contributed by atoms with E-state index in [9.17, 15) is 8.42 Å². The Kier molecular flexibility index (Phi) is 5.59. The molecule has 0 aliphatic rings. The van der Waals surface area contributed by atoms with Gasteiger partial charge in [0, 0.05) is 24.7 Å². The Hall–Kier alpha value is -0.620. The predicted molar refractivity (Wildman–Crippen MR) is 73.1 cm³/mol. The number of aliphatic hydroxyl groups is 1. The molecule has 0 saturated heterocycles. The zero-order valence-corrected chi connectivity index (χ0v) is 12.1. The summed E-state index contributed by atoms with van der Waals surface area (Å²) in [6, 6.07) is 6.85. The van der Waals surface area contributed by atoms with Crippen molar-refractivity contribution in [1.82, 2.24) is 4.31 Å². The highest BCUT2D eigenvalue weighted by Gasteiger charge is 2.24. The molecule has 1 aromatic rings. The molecule has 6 heteroatoms. The molecule has 0 aliphatic heterocycles. The molecule has 0 aromatic heterocycles. The van der Waals surface area contributed by atoms with E-state index in [1.54, 1.807) is 19.1 Å². The third kappa shape index (κ3) is 3.68. The van der Waals surface area contributed by atoms with Gasteiger partial charge in [-0.15, -0.1) is 0 Å². The highest BCUT2D eigenvalue weighted by atomic mass is 35.5. The van der Waals surface area contributed by atoms with Gasteiger partial charge in [0.05, 0.1) is 5.75 Å². The molecule has 0 radical (unpaired) electrons. The van der Waals surface area contributed by atoms with Crippen LogP contribution in [0, 0.1) is 0 Å². The SMILES string of the molecule is CC(c1ccccc1Cl)N(C)S(=O)(=O)CCCO. The first-order chi connectivity index (χ1) is 8.40. The van der Waals surface area contributed by atoms with Gasteiger partial charge in [0.15, 0.2) is 0 Å². The van der Waals surface area contributed by atoms with Crippen molar-refractivity contribution in [1.29, 1.82) is 0 Å². The third-order valence-electron chi connectivity index (χ3n) is 2.90. The van der Waals surface area contributed by atoms with Crippen LogP contribution < -0.4 is 0 Å². The molecule has 0 bridgehead atoms. The van der Waals surface area contributed by atoms with E-state index < -0.39 is 10.0 Å². The molecule has 4 nitrogen and oxygen atoms in total. The maximum Gasteiger partial charge on any atom is 0.214 e. The Morgan fingerprint density at radius 1 is 1.39 bits per heavy atom. The molecule has 0 saturated carbocycles. The Bertz CT molecular complexity index is 490. The van der Waals surface area contributed by atoms with Gasteiger partial charge in [0.25, 0.3) is 0 Å². The summed E-state index contributed by atoms with van der Waals surface area (Å²) in [5, 5.41) is 9.26. The van der Waals surface area contributed by atoms with Crippen LogP contribution in [0.1, 0.15) is 24.9 Å². The van der Waals surface area contributed by atoms with Crippen molar-refractivity contribution in [2.24, 2.45) is 0 Å². The fourth-order valence-corrected chi connectivity index (χ4v) is 3.31. The first-order valence-electron chi connectivity index (χ1n) is 5.71. The summed E-state index contributed by atoms with van der Waals surface area (Å²) in [5.74, 6) is -0.0607. The van der Waals surface area contributed by atoms with E-state index in [4.69, 9.17) is 16.7 Å².